The van der Waals surface area contributed by atoms with Gasteiger partial charge in [0.05, 0.1) is 19.4 Å². The molecule has 2 amide bonds. The summed E-state index contributed by atoms with van der Waals surface area (Å²) in [5, 5.41) is 2.76. The number of hydrogen-bond acceptors (Lipinski definition) is 4. The Kier molecular flexibility index (Phi) is 5.64. The summed E-state index contributed by atoms with van der Waals surface area (Å²) in [5.74, 6) is 1.22. The monoisotopic (exact) mass is 368 g/mol. The van der Waals surface area contributed by atoms with Crippen molar-refractivity contribution in [3.05, 3.63) is 53.6 Å². The number of nitrogens with zero attached hydrogens (tertiary/aromatic N) is 1. The van der Waals surface area contributed by atoms with Gasteiger partial charge in [0.25, 0.3) is 5.91 Å². The van der Waals surface area contributed by atoms with Crippen LogP contribution in [0.15, 0.2) is 42.5 Å². The summed E-state index contributed by atoms with van der Waals surface area (Å²) in [4.78, 5) is 26.1. The van der Waals surface area contributed by atoms with Crippen LogP contribution in [-0.4, -0.2) is 32.1 Å². The third-order valence-corrected chi connectivity index (χ3v) is 4.56. The topological polar surface area (TPSA) is 67.9 Å². The second kappa shape index (κ2) is 8.12. The molecule has 0 saturated carbocycles. The summed E-state index contributed by atoms with van der Waals surface area (Å²) in [6.45, 7) is 4.42. The highest BCUT2D eigenvalue weighted by molar-refractivity contribution is 6.06. The van der Waals surface area contributed by atoms with Gasteiger partial charge in [0.1, 0.15) is 17.5 Å². The average molecular weight is 368 g/mol. The summed E-state index contributed by atoms with van der Waals surface area (Å²) in [5.41, 5.74) is 2.77. The Morgan fingerprint density at radius 1 is 1.15 bits per heavy atom. The minimum Gasteiger partial charge on any atom is -0.497 e. The van der Waals surface area contributed by atoms with Crippen molar-refractivity contribution < 1.29 is 19.1 Å². The van der Waals surface area contributed by atoms with E-state index in [1.165, 1.54) is 6.92 Å². The molecule has 2 aromatic rings. The zero-order valence-electron chi connectivity index (χ0n) is 15.8. The van der Waals surface area contributed by atoms with E-state index in [2.05, 4.69) is 5.32 Å². The predicted molar refractivity (Wildman–Crippen MR) is 103 cm³/mol. The number of carbonyl (C=O) groups is 2. The fourth-order valence-electron chi connectivity index (χ4n) is 3.33. The lowest BCUT2D eigenvalue weighted by Crippen LogP contribution is -2.37. The second-order valence-corrected chi connectivity index (χ2v) is 6.51. The summed E-state index contributed by atoms with van der Waals surface area (Å²) in [6.07, 6.45) is 0.679. The fraction of sp³-hybridized carbons (Fsp3) is 0.333. The maximum absolute atomic E-state index is 12.8. The average Bonchev–Trinajstić information content (AvgIpc) is 2.92. The van der Waals surface area contributed by atoms with Crippen LogP contribution in [0.4, 0.5) is 5.69 Å². The van der Waals surface area contributed by atoms with Gasteiger partial charge >= 0.3 is 0 Å². The first-order chi connectivity index (χ1) is 13.0. The van der Waals surface area contributed by atoms with E-state index in [0.717, 1.165) is 28.3 Å². The number of methoxy groups -OCH3 is 1. The van der Waals surface area contributed by atoms with Crippen LogP contribution in [0.2, 0.25) is 0 Å². The minimum atomic E-state index is -0.611. The van der Waals surface area contributed by atoms with Gasteiger partial charge < -0.3 is 19.7 Å². The molecule has 0 spiro atoms. The van der Waals surface area contributed by atoms with Gasteiger partial charge in [0.15, 0.2) is 0 Å². The van der Waals surface area contributed by atoms with Crippen molar-refractivity contribution in [2.75, 3.05) is 25.2 Å². The number of rotatable bonds is 7. The smallest absolute Gasteiger partial charge is 0.254 e. The van der Waals surface area contributed by atoms with Crippen LogP contribution in [0.1, 0.15) is 30.5 Å². The molecule has 3 rings (SSSR count). The quantitative estimate of drug-likeness (QED) is 0.763. The van der Waals surface area contributed by atoms with Gasteiger partial charge in [-0.25, -0.2) is 0 Å². The maximum atomic E-state index is 12.8. The van der Waals surface area contributed by atoms with E-state index in [9.17, 15) is 9.59 Å². The highest BCUT2D eigenvalue weighted by atomic mass is 16.5. The number of anilines is 1. The SMILES string of the molecule is COc1ccc(OCCCN2C(=O)[C@H](NC(C)=O)c3cccc(C)c32)cc1. The third kappa shape index (κ3) is 4.05. The van der Waals surface area contributed by atoms with E-state index in [0.29, 0.717) is 19.6 Å². The van der Waals surface area contributed by atoms with Crippen LogP contribution in [0, 0.1) is 6.92 Å². The van der Waals surface area contributed by atoms with Gasteiger partial charge in [0.2, 0.25) is 5.91 Å². The minimum absolute atomic E-state index is 0.0982. The molecular weight excluding hydrogens is 344 g/mol. The normalized spacial score (nSPS) is 15.4. The summed E-state index contributed by atoms with van der Waals surface area (Å²) < 4.78 is 10.9. The molecule has 142 valence electrons. The number of benzene rings is 2. The predicted octanol–water partition coefficient (Wildman–Crippen LogP) is 3.00. The molecule has 27 heavy (non-hydrogen) atoms. The number of nitrogens with one attached hydrogen (secondary N) is 1. The number of aryl methyl sites for hydroxylation is 1. The van der Waals surface area contributed by atoms with Crippen molar-refractivity contribution in [2.24, 2.45) is 0 Å². The molecule has 1 N–H and O–H groups in total. The fourth-order valence-corrected chi connectivity index (χ4v) is 3.33. The van der Waals surface area contributed by atoms with Gasteiger partial charge in [-0.1, -0.05) is 18.2 Å². The molecule has 6 heteroatoms. The van der Waals surface area contributed by atoms with Crippen LogP contribution in [-0.2, 0) is 9.59 Å². The Bertz CT molecular complexity index is 833. The van der Waals surface area contributed by atoms with E-state index < -0.39 is 6.04 Å². The van der Waals surface area contributed by atoms with Crippen LogP contribution < -0.4 is 19.7 Å². The molecule has 0 aromatic heterocycles. The number of amides is 2. The lowest BCUT2D eigenvalue weighted by Gasteiger charge is -2.19. The third-order valence-electron chi connectivity index (χ3n) is 4.56. The molecule has 1 aliphatic heterocycles. The van der Waals surface area contributed by atoms with E-state index in [-0.39, 0.29) is 11.8 Å². The van der Waals surface area contributed by atoms with Crippen molar-refractivity contribution in [2.45, 2.75) is 26.3 Å². The first-order valence-electron chi connectivity index (χ1n) is 8.96. The number of carbonyl (C=O) groups excluding carboxylic acids is 2. The Hall–Kier alpha value is -3.02. The molecule has 0 radical (unpaired) electrons. The Morgan fingerprint density at radius 3 is 2.52 bits per heavy atom. The summed E-state index contributed by atoms with van der Waals surface area (Å²) in [7, 11) is 1.62. The van der Waals surface area contributed by atoms with Crippen LogP contribution >= 0.6 is 0 Å². The summed E-state index contributed by atoms with van der Waals surface area (Å²) in [6, 6.07) is 12.6. The Labute approximate surface area is 159 Å². The van der Waals surface area contributed by atoms with Crippen molar-refractivity contribution in [1.82, 2.24) is 5.32 Å². The molecule has 0 saturated heterocycles. The number of ether oxygens (including phenoxy) is 2. The first-order valence-corrected chi connectivity index (χ1v) is 8.96. The van der Waals surface area contributed by atoms with Gasteiger partial charge in [-0.3, -0.25) is 9.59 Å². The Balaban J connectivity index is 1.64. The zero-order valence-corrected chi connectivity index (χ0v) is 15.8. The highest BCUT2D eigenvalue weighted by Gasteiger charge is 2.38. The lowest BCUT2D eigenvalue weighted by atomic mass is 10.1. The van der Waals surface area contributed by atoms with E-state index >= 15 is 0 Å². The van der Waals surface area contributed by atoms with Crippen LogP contribution in [0.5, 0.6) is 11.5 Å². The Morgan fingerprint density at radius 2 is 1.85 bits per heavy atom. The van der Waals surface area contributed by atoms with Gasteiger partial charge in [-0.2, -0.15) is 0 Å². The molecule has 1 heterocycles. The van der Waals surface area contributed by atoms with E-state index in [1.54, 1.807) is 12.0 Å². The van der Waals surface area contributed by atoms with Crippen LogP contribution in [0.25, 0.3) is 0 Å². The van der Waals surface area contributed by atoms with E-state index in [1.807, 2.05) is 49.4 Å². The molecule has 0 bridgehead atoms. The number of fused-ring (bicyclic) bond motifs is 1. The number of para-hydroxylation sites is 1. The maximum Gasteiger partial charge on any atom is 0.254 e. The standard InChI is InChI=1S/C21H24N2O4/c1-14-6-4-7-18-19(22-15(2)24)21(25)23(20(14)18)12-5-13-27-17-10-8-16(26-3)9-11-17/h4,6-11,19H,5,12-13H2,1-3H3,(H,22,24)/t19-/m1/s1. The van der Waals surface area contributed by atoms with Crippen molar-refractivity contribution in [3.8, 4) is 11.5 Å². The summed E-state index contributed by atoms with van der Waals surface area (Å²) >= 11 is 0. The van der Waals surface area contributed by atoms with Gasteiger partial charge in [-0.05, 0) is 43.2 Å². The lowest BCUT2D eigenvalue weighted by molar-refractivity contribution is -0.126. The molecule has 0 unspecified atom stereocenters. The molecule has 6 nitrogen and oxygen atoms in total. The first kappa shape index (κ1) is 18.8. The van der Waals surface area contributed by atoms with Crippen molar-refractivity contribution in [3.63, 3.8) is 0 Å². The molecular formula is C21H24N2O4. The molecule has 0 aliphatic carbocycles. The molecule has 2 aromatic carbocycles. The van der Waals surface area contributed by atoms with Gasteiger partial charge in [-0.15, -0.1) is 0 Å². The molecule has 1 atom stereocenters. The van der Waals surface area contributed by atoms with Crippen LogP contribution in [0.3, 0.4) is 0 Å². The second-order valence-electron chi connectivity index (χ2n) is 6.51. The van der Waals surface area contributed by atoms with Crippen molar-refractivity contribution >= 4 is 17.5 Å². The molecule has 1 aliphatic rings. The van der Waals surface area contributed by atoms with Gasteiger partial charge in [0, 0.05) is 19.0 Å². The molecule has 0 fully saturated rings. The van der Waals surface area contributed by atoms with Crippen molar-refractivity contribution in [1.29, 1.82) is 0 Å². The number of hydrogen-bond donors (Lipinski definition) is 1. The van der Waals surface area contributed by atoms with E-state index in [4.69, 9.17) is 9.47 Å². The largest absolute Gasteiger partial charge is 0.497 e. The highest BCUT2D eigenvalue weighted by Crippen LogP contribution is 2.38. The zero-order chi connectivity index (χ0) is 19.4.